The third kappa shape index (κ3) is 3.14. The van der Waals surface area contributed by atoms with Crippen LogP contribution in [0.1, 0.15) is 6.92 Å². The molecule has 2 aromatic rings. The Morgan fingerprint density at radius 1 is 1.47 bits per heavy atom. The normalized spacial score (nSPS) is 10.2. The zero-order valence-corrected chi connectivity index (χ0v) is 9.63. The Kier molecular flexibility index (Phi) is 3.49. The topological polar surface area (TPSA) is 59.8 Å². The molecule has 0 saturated heterocycles. The van der Waals surface area contributed by atoms with Crippen molar-refractivity contribution in [3.63, 3.8) is 0 Å². The Morgan fingerprint density at radius 3 is 3.06 bits per heavy atom. The van der Waals surface area contributed by atoms with Crippen LogP contribution in [-0.2, 0) is 11.3 Å². The third-order valence-electron chi connectivity index (χ3n) is 2.31. The van der Waals surface area contributed by atoms with Gasteiger partial charge in [0.1, 0.15) is 0 Å². The van der Waals surface area contributed by atoms with Crippen molar-refractivity contribution in [3.05, 3.63) is 36.8 Å². The van der Waals surface area contributed by atoms with E-state index in [1.165, 1.54) is 6.92 Å². The Labute approximate surface area is 99.5 Å². The molecule has 0 aliphatic carbocycles. The zero-order valence-electron chi connectivity index (χ0n) is 9.63. The lowest BCUT2D eigenvalue weighted by Crippen LogP contribution is -2.24. The molecule has 0 radical (unpaired) electrons. The molecule has 2 heterocycles. The minimum atomic E-state index is -0.0235. The second-order valence-corrected chi connectivity index (χ2v) is 3.69. The highest BCUT2D eigenvalue weighted by molar-refractivity contribution is 5.72. The summed E-state index contributed by atoms with van der Waals surface area (Å²) in [4.78, 5) is 14.8. The second-order valence-electron chi connectivity index (χ2n) is 3.69. The molecule has 0 bridgehead atoms. The van der Waals surface area contributed by atoms with Gasteiger partial charge < -0.3 is 5.32 Å². The number of hydrogen-bond donors (Lipinski definition) is 1. The van der Waals surface area contributed by atoms with E-state index in [2.05, 4.69) is 15.4 Å². The summed E-state index contributed by atoms with van der Waals surface area (Å²) in [5.41, 5.74) is 1.88. The quantitative estimate of drug-likeness (QED) is 0.855. The van der Waals surface area contributed by atoms with Crippen molar-refractivity contribution in [1.29, 1.82) is 0 Å². The first-order chi connectivity index (χ1) is 8.25. The molecule has 88 valence electrons. The van der Waals surface area contributed by atoms with Gasteiger partial charge in [-0.25, -0.2) is 0 Å². The van der Waals surface area contributed by atoms with Gasteiger partial charge in [0, 0.05) is 37.6 Å². The fraction of sp³-hybridized carbons (Fsp3) is 0.250. The summed E-state index contributed by atoms with van der Waals surface area (Å²) in [6.07, 6.45) is 5.40. The van der Waals surface area contributed by atoms with Crippen LogP contribution in [0.15, 0.2) is 36.8 Å². The number of carbonyl (C=O) groups excluding carboxylic acids is 1. The minimum absolute atomic E-state index is 0.0235. The van der Waals surface area contributed by atoms with Crippen molar-refractivity contribution < 1.29 is 4.79 Å². The molecule has 0 aliphatic rings. The van der Waals surface area contributed by atoms with E-state index in [-0.39, 0.29) is 5.91 Å². The Morgan fingerprint density at radius 2 is 2.35 bits per heavy atom. The second kappa shape index (κ2) is 5.25. The monoisotopic (exact) mass is 230 g/mol. The SMILES string of the molecule is CC(=O)NCCn1ccc(-c2cccnc2)n1. The van der Waals surface area contributed by atoms with Crippen molar-refractivity contribution in [2.24, 2.45) is 0 Å². The summed E-state index contributed by atoms with van der Waals surface area (Å²) in [6, 6.07) is 5.78. The first-order valence-electron chi connectivity index (χ1n) is 5.44. The van der Waals surface area contributed by atoms with E-state index in [1.54, 1.807) is 17.1 Å². The lowest BCUT2D eigenvalue weighted by atomic mass is 10.2. The Bertz CT molecular complexity index is 492. The number of hydrogen-bond acceptors (Lipinski definition) is 3. The molecule has 17 heavy (non-hydrogen) atoms. The van der Waals surface area contributed by atoms with Gasteiger partial charge in [-0.2, -0.15) is 5.10 Å². The van der Waals surface area contributed by atoms with E-state index >= 15 is 0 Å². The maximum Gasteiger partial charge on any atom is 0.216 e. The van der Waals surface area contributed by atoms with Crippen LogP contribution in [0, 0.1) is 0 Å². The number of rotatable bonds is 4. The predicted molar refractivity (Wildman–Crippen MR) is 64.1 cm³/mol. The molecule has 0 aliphatic heterocycles. The summed E-state index contributed by atoms with van der Waals surface area (Å²) < 4.78 is 1.80. The number of amides is 1. The molecule has 0 saturated carbocycles. The van der Waals surface area contributed by atoms with Crippen LogP contribution in [0.25, 0.3) is 11.3 Å². The van der Waals surface area contributed by atoms with Crippen LogP contribution in [-0.4, -0.2) is 27.2 Å². The molecule has 2 aromatic heterocycles. The van der Waals surface area contributed by atoms with Gasteiger partial charge in [0.15, 0.2) is 0 Å². The van der Waals surface area contributed by atoms with Crippen LogP contribution in [0.3, 0.4) is 0 Å². The van der Waals surface area contributed by atoms with E-state index in [0.29, 0.717) is 13.1 Å². The first kappa shape index (κ1) is 11.3. The largest absolute Gasteiger partial charge is 0.354 e. The standard InChI is InChI=1S/C12H14N4O/c1-10(17)14-6-8-16-7-4-12(15-16)11-3-2-5-13-9-11/h2-5,7,9H,6,8H2,1H3,(H,14,17). The van der Waals surface area contributed by atoms with E-state index in [1.807, 2.05) is 24.4 Å². The smallest absolute Gasteiger partial charge is 0.216 e. The zero-order chi connectivity index (χ0) is 12.1. The van der Waals surface area contributed by atoms with Crippen molar-refractivity contribution >= 4 is 5.91 Å². The highest BCUT2D eigenvalue weighted by atomic mass is 16.1. The molecule has 0 aromatic carbocycles. The molecule has 0 atom stereocenters. The minimum Gasteiger partial charge on any atom is -0.354 e. The van der Waals surface area contributed by atoms with Gasteiger partial charge in [0.05, 0.1) is 12.2 Å². The summed E-state index contributed by atoms with van der Waals surface area (Å²) in [6.45, 7) is 2.76. The summed E-state index contributed by atoms with van der Waals surface area (Å²) in [5, 5.41) is 7.13. The first-order valence-corrected chi connectivity index (χ1v) is 5.44. The van der Waals surface area contributed by atoms with Crippen LogP contribution >= 0.6 is 0 Å². The van der Waals surface area contributed by atoms with E-state index in [4.69, 9.17) is 0 Å². The molecule has 2 rings (SSSR count). The van der Waals surface area contributed by atoms with E-state index < -0.39 is 0 Å². The van der Waals surface area contributed by atoms with Gasteiger partial charge in [-0.05, 0) is 18.2 Å². The number of nitrogens with one attached hydrogen (secondary N) is 1. The number of aromatic nitrogens is 3. The molecular weight excluding hydrogens is 216 g/mol. The predicted octanol–water partition coefficient (Wildman–Crippen LogP) is 1.08. The number of carbonyl (C=O) groups is 1. The molecule has 0 spiro atoms. The molecule has 0 unspecified atom stereocenters. The molecule has 1 N–H and O–H groups in total. The summed E-state index contributed by atoms with van der Waals surface area (Å²) in [5.74, 6) is -0.0235. The van der Waals surface area contributed by atoms with Crippen molar-refractivity contribution in [1.82, 2.24) is 20.1 Å². The van der Waals surface area contributed by atoms with E-state index in [0.717, 1.165) is 11.3 Å². The fourth-order valence-electron chi connectivity index (χ4n) is 1.50. The maximum absolute atomic E-state index is 10.7. The summed E-state index contributed by atoms with van der Waals surface area (Å²) >= 11 is 0. The third-order valence-corrected chi connectivity index (χ3v) is 2.31. The molecule has 5 heteroatoms. The van der Waals surface area contributed by atoms with Crippen molar-refractivity contribution in [2.45, 2.75) is 13.5 Å². The van der Waals surface area contributed by atoms with Gasteiger partial charge in [0.25, 0.3) is 0 Å². The number of nitrogens with zero attached hydrogens (tertiary/aromatic N) is 3. The van der Waals surface area contributed by atoms with Crippen molar-refractivity contribution in [3.8, 4) is 11.3 Å². The highest BCUT2D eigenvalue weighted by Gasteiger charge is 2.01. The summed E-state index contributed by atoms with van der Waals surface area (Å²) in [7, 11) is 0. The number of pyridine rings is 1. The van der Waals surface area contributed by atoms with Crippen LogP contribution in [0.4, 0.5) is 0 Å². The lowest BCUT2D eigenvalue weighted by molar-refractivity contribution is -0.118. The highest BCUT2D eigenvalue weighted by Crippen LogP contribution is 2.14. The van der Waals surface area contributed by atoms with Gasteiger partial charge in [0.2, 0.25) is 5.91 Å². The van der Waals surface area contributed by atoms with Gasteiger partial charge >= 0.3 is 0 Å². The van der Waals surface area contributed by atoms with Crippen LogP contribution in [0.5, 0.6) is 0 Å². The Balaban J connectivity index is 1.99. The van der Waals surface area contributed by atoms with Crippen molar-refractivity contribution in [2.75, 3.05) is 6.54 Å². The Hall–Kier alpha value is -2.17. The van der Waals surface area contributed by atoms with E-state index in [9.17, 15) is 4.79 Å². The van der Waals surface area contributed by atoms with Gasteiger partial charge in [-0.15, -0.1) is 0 Å². The van der Waals surface area contributed by atoms with Gasteiger partial charge in [-0.1, -0.05) is 0 Å². The van der Waals surface area contributed by atoms with Gasteiger partial charge in [-0.3, -0.25) is 14.5 Å². The average Bonchev–Trinajstić information content (AvgIpc) is 2.78. The van der Waals surface area contributed by atoms with Crippen LogP contribution in [0.2, 0.25) is 0 Å². The molecular formula is C12H14N4O. The maximum atomic E-state index is 10.7. The average molecular weight is 230 g/mol. The van der Waals surface area contributed by atoms with Crippen LogP contribution < -0.4 is 5.32 Å². The molecule has 1 amide bonds. The fourth-order valence-corrected chi connectivity index (χ4v) is 1.50. The molecule has 5 nitrogen and oxygen atoms in total. The lowest BCUT2D eigenvalue weighted by Gasteiger charge is -2.02. The molecule has 0 fully saturated rings.